The number of ether oxygens (including phenoxy) is 2. The van der Waals surface area contributed by atoms with Gasteiger partial charge in [0, 0.05) is 19.5 Å². The third-order valence-corrected chi connectivity index (χ3v) is 6.65. The van der Waals surface area contributed by atoms with Crippen molar-refractivity contribution >= 4 is 11.7 Å². The maximum absolute atomic E-state index is 12.4. The molecule has 8 nitrogen and oxygen atoms in total. The van der Waals surface area contributed by atoms with E-state index >= 15 is 0 Å². The quantitative estimate of drug-likeness (QED) is 0.286. The third kappa shape index (κ3) is 7.00. The van der Waals surface area contributed by atoms with Crippen molar-refractivity contribution in [3.8, 4) is 5.75 Å². The van der Waals surface area contributed by atoms with Crippen molar-refractivity contribution in [3.63, 3.8) is 0 Å². The van der Waals surface area contributed by atoms with Crippen LogP contribution in [0.5, 0.6) is 5.75 Å². The Morgan fingerprint density at radius 3 is 2.33 bits per heavy atom. The number of allylic oxidation sites excluding steroid dienone is 1. The molecular weight excluding hydrogens is 492 g/mol. The molecule has 2 heterocycles. The van der Waals surface area contributed by atoms with Crippen molar-refractivity contribution in [2.75, 3.05) is 13.2 Å². The summed E-state index contributed by atoms with van der Waals surface area (Å²) in [6, 6.07) is 14.5. The molecule has 8 heteroatoms. The Labute approximate surface area is 230 Å². The number of hydrogen-bond donors (Lipinski definition) is 0. The predicted octanol–water partition coefficient (Wildman–Crippen LogP) is 5.88. The number of carbonyl (C=O) groups excluding carboxylic acids is 1. The van der Waals surface area contributed by atoms with Gasteiger partial charge in [0.15, 0.2) is 11.4 Å². The third-order valence-electron chi connectivity index (χ3n) is 6.65. The van der Waals surface area contributed by atoms with E-state index in [1.54, 1.807) is 20.8 Å². The zero-order valence-corrected chi connectivity index (χ0v) is 24.0. The Morgan fingerprint density at radius 1 is 1.03 bits per heavy atom. The molecule has 39 heavy (non-hydrogen) atoms. The molecule has 0 aliphatic carbocycles. The molecule has 206 valence electrons. The van der Waals surface area contributed by atoms with Gasteiger partial charge in [-0.05, 0) is 76.3 Å². The van der Waals surface area contributed by atoms with E-state index in [-0.39, 0.29) is 5.97 Å². The monoisotopic (exact) mass is 530 g/mol. The number of benzene rings is 2. The van der Waals surface area contributed by atoms with Gasteiger partial charge in [-0.2, -0.15) is 4.98 Å². The average molecular weight is 531 g/mol. The normalized spacial score (nSPS) is 13.7. The average Bonchev–Trinajstić information content (AvgIpc) is 3.46. The lowest BCUT2D eigenvalue weighted by Crippen LogP contribution is -2.40. The lowest BCUT2D eigenvalue weighted by atomic mass is 10.0. The topological polar surface area (TPSA) is 90.1 Å². The van der Waals surface area contributed by atoms with Crippen LogP contribution < -0.4 is 4.74 Å². The lowest BCUT2D eigenvalue weighted by molar-refractivity contribution is -0.158. The van der Waals surface area contributed by atoms with E-state index in [2.05, 4.69) is 46.2 Å². The Hall–Kier alpha value is -3.78. The summed E-state index contributed by atoms with van der Waals surface area (Å²) in [5, 5.41) is 3.97. The highest BCUT2D eigenvalue weighted by atomic mass is 16.6. The molecule has 0 fully saturated rings. The van der Waals surface area contributed by atoms with Crippen molar-refractivity contribution in [2.24, 2.45) is 4.99 Å². The highest BCUT2D eigenvalue weighted by molar-refractivity contribution is 6.04. The van der Waals surface area contributed by atoms with E-state index in [0.29, 0.717) is 43.7 Å². The van der Waals surface area contributed by atoms with Crippen LogP contribution >= 0.6 is 0 Å². The highest BCUT2D eigenvalue weighted by Gasteiger charge is 2.32. The number of hydrogen-bond acceptors (Lipinski definition) is 8. The summed E-state index contributed by atoms with van der Waals surface area (Å²) in [6.45, 7) is 15.3. The molecule has 0 unspecified atom stereocenters. The van der Waals surface area contributed by atoms with Gasteiger partial charge in [0.05, 0.1) is 24.6 Å². The van der Waals surface area contributed by atoms with Gasteiger partial charge in [0.2, 0.25) is 5.89 Å². The second-order valence-corrected chi connectivity index (χ2v) is 10.6. The van der Waals surface area contributed by atoms with E-state index in [9.17, 15) is 4.79 Å². The summed E-state index contributed by atoms with van der Waals surface area (Å²) in [4.78, 5) is 24.1. The van der Waals surface area contributed by atoms with Crippen LogP contribution in [0.3, 0.4) is 0 Å². The maximum atomic E-state index is 12.4. The second-order valence-electron chi connectivity index (χ2n) is 10.6. The van der Waals surface area contributed by atoms with Crippen LogP contribution in [0.1, 0.15) is 68.1 Å². The smallest absolute Gasteiger partial charge is 0.349 e. The van der Waals surface area contributed by atoms with E-state index in [1.807, 2.05) is 39.0 Å². The fourth-order valence-electron chi connectivity index (χ4n) is 4.75. The maximum Gasteiger partial charge on any atom is 0.349 e. The molecule has 0 N–H and O–H groups in total. The van der Waals surface area contributed by atoms with Gasteiger partial charge in [-0.1, -0.05) is 47.6 Å². The summed E-state index contributed by atoms with van der Waals surface area (Å²) in [6.07, 6.45) is 0.841. The molecular formula is C31H38N4O4. The SMILES string of the molecule is CCOC(=O)C(C)(C)Oc1c(C)cc(CN(CC2=C(C)CC(c3ccccc3)=N2)Cc2nc(C)no2)cc1C. The molecule has 0 saturated heterocycles. The standard InChI is InChI=1S/C31H38N4O4/c1-8-37-30(36)31(6,7)38-29-21(3)14-24(15-22(29)4)17-35(19-28-32-23(5)34-39-28)18-27-20(2)16-26(33-27)25-12-10-9-11-13-25/h9-15H,8,16-19H2,1-7H3. The number of rotatable bonds is 11. The number of aliphatic imine (C=N–C) groups is 1. The number of carbonyl (C=O) groups is 1. The van der Waals surface area contributed by atoms with E-state index in [0.717, 1.165) is 40.1 Å². The van der Waals surface area contributed by atoms with Crippen LogP contribution in [0.4, 0.5) is 0 Å². The number of nitrogens with zero attached hydrogens (tertiary/aromatic N) is 4. The Kier molecular flexibility index (Phi) is 8.65. The zero-order chi connectivity index (χ0) is 28.2. The molecule has 0 saturated carbocycles. The minimum absolute atomic E-state index is 0.310. The molecule has 0 bridgehead atoms. The first-order valence-corrected chi connectivity index (χ1v) is 13.3. The van der Waals surface area contributed by atoms with Crippen molar-refractivity contribution in [2.45, 2.75) is 73.6 Å². The predicted molar refractivity (Wildman–Crippen MR) is 151 cm³/mol. The molecule has 3 aromatic rings. The minimum Gasteiger partial charge on any atom is -0.476 e. The molecule has 0 spiro atoms. The molecule has 0 radical (unpaired) electrons. The summed E-state index contributed by atoms with van der Waals surface area (Å²) >= 11 is 0. The first-order valence-electron chi connectivity index (χ1n) is 13.3. The largest absolute Gasteiger partial charge is 0.476 e. The van der Waals surface area contributed by atoms with Crippen molar-refractivity contribution in [1.82, 2.24) is 15.0 Å². The number of aromatic nitrogens is 2. The van der Waals surface area contributed by atoms with Gasteiger partial charge in [0.1, 0.15) is 5.75 Å². The van der Waals surface area contributed by atoms with Gasteiger partial charge >= 0.3 is 5.97 Å². The van der Waals surface area contributed by atoms with E-state index in [1.165, 1.54) is 5.57 Å². The first kappa shape index (κ1) is 28.2. The summed E-state index contributed by atoms with van der Waals surface area (Å²) in [5.41, 5.74) is 6.51. The number of aryl methyl sites for hydroxylation is 3. The van der Waals surface area contributed by atoms with Gasteiger partial charge in [-0.15, -0.1) is 0 Å². The van der Waals surface area contributed by atoms with E-state index in [4.69, 9.17) is 19.0 Å². The van der Waals surface area contributed by atoms with Crippen molar-refractivity contribution in [3.05, 3.63) is 87.7 Å². The Balaban J connectivity index is 1.56. The van der Waals surface area contributed by atoms with Crippen LogP contribution in [-0.4, -0.2) is 45.5 Å². The van der Waals surface area contributed by atoms with Crippen molar-refractivity contribution in [1.29, 1.82) is 0 Å². The highest BCUT2D eigenvalue weighted by Crippen LogP contribution is 2.30. The fourth-order valence-corrected chi connectivity index (χ4v) is 4.75. The Morgan fingerprint density at radius 2 is 1.72 bits per heavy atom. The van der Waals surface area contributed by atoms with Gasteiger partial charge in [0.25, 0.3) is 0 Å². The molecule has 1 aromatic heterocycles. The molecule has 4 rings (SSSR count). The van der Waals surface area contributed by atoms with Gasteiger partial charge in [-0.3, -0.25) is 9.89 Å². The summed E-state index contributed by atoms with van der Waals surface area (Å²) < 4.78 is 16.8. The molecule has 0 atom stereocenters. The van der Waals surface area contributed by atoms with Crippen LogP contribution in [0.15, 0.2) is 63.3 Å². The van der Waals surface area contributed by atoms with Gasteiger partial charge in [-0.25, -0.2) is 4.79 Å². The zero-order valence-electron chi connectivity index (χ0n) is 24.0. The van der Waals surface area contributed by atoms with Crippen LogP contribution in [0, 0.1) is 20.8 Å². The van der Waals surface area contributed by atoms with Crippen LogP contribution in [0.2, 0.25) is 0 Å². The molecule has 1 aliphatic rings. The fraction of sp³-hybridized carbons (Fsp3) is 0.419. The first-order chi connectivity index (χ1) is 18.6. The van der Waals surface area contributed by atoms with Gasteiger partial charge < -0.3 is 14.0 Å². The summed E-state index contributed by atoms with van der Waals surface area (Å²) in [5.74, 6) is 1.50. The number of esters is 1. The van der Waals surface area contributed by atoms with E-state index < -0.39 is 5.60 Å². The molecule has 1 aliphatic heterocycles. The lowest BCUT2D eigenvalue weighted by Gasteiger charge is -2.27. The molecule has 2 aromatic carbocycles. The van der Waals surface area contributed by atoms with Crippen LogP contribution in [0.25, 0.3) is 0 Å². The van der Waals surface area contributed by atoms with Crippen LogP contribution in [-0.2, 0) is 22.6 Å². The summed E-state index contributed by atoms with van der Waals surface area (Å²) in [7, 11) is 0. The molecule has 0 amide bonds. The Bertz CT molecular complexity index is 1370. The minimum atomic E-state index is -1.09. The second kappa shape index (κ2) is 11.9. The van der Waals surface area contributed by atoms with Crippen molar-refractivity contribution < 1.29 is 18.8 Å².